The lowest BCUT2D eigenvalue weighted by atomic mass is 9.94. The Bertz CT molecular complexity index is 633. The molecule has 2 nitrogen and oxygen atoms in total. The van der Waals surface area contributed by atoms with Crippen molar-refractivity contribution in [2.24, 2.45) is 5.92 Å². The lowest BCUT2D eigenvalue weighted by Gasteiger charge is -2.35. The number of aromatic nitrogens is 1. The molecule has 1 aromatic carbocycles. The van der Waals surface area contributed by atoms with Crippen LogP contribution in [0.25, 0.3) is 0 Å². The fourth-order valence-electron chi connectivity index (χ4n) is 3.48. The Hall–Kier alpha value is -1.25. The second-order valence-electron chi connectivity index (χ2n) is 7.34. The second-order valence-corrected chi connectivity index (χ2v) is 7.77. The second kappa shape index (κ2) is 13.0. The van der Waals surface area contributed by atoms with E-state index in [2.05, 4.69) is 42.8 Å². The van der Waals surface area contributed by atoms with Gasteiger partial charge in [-0.2, -0.15) is 0 Å². The molecule has 0 bridgehead atoms. The third kappa shape index (κ3) is 7.71. The van der Waals surface area contributed by atoms with Crippen molar-refractivity contribution in [3.8, 4) is 0 Å². The van der Waals surface area contributed by atoms with E-state index in [4.69, 9.17) is 11.6 Å². The van der Waals surface area contributed by atoms with Crippen LogP contribution >= 0.6 is 24.0 Å². The van der Waals surface area contributed by atoms with Crippen LogP contribution in [-0.4, -0.2) is 11.0 Å². The van der Waals surface area contributed by atoms with E-state index in [1.165, 1.54) is 44.9 Å². The van der Waals surface area contributed by atoms with Crippen LogP contribution in [0.4, 0.5) is 11.4 Å². The minimum Gasteiger partial charge on any atom is -0.337 e. The van der Waals surface area contributed by atoms with Gasteiger partial charge in [-0.1, -0.05) is 70.0 Å². The molecule has 2 atom stereocenters. The third-order valence-electron chi connectivity index (χ3n) is 5.25. The summed E-state index contributed by atoms with van der Waals surface area (Å²) in [6.45, 7) is 6.95. The van der Waals surface area contributed by atoms with Crippen molar-refractivity contribution in [1.82, 2.24) is 4.98 Å². The molecule has 0 radical (unpaired) electrons. The fourth-order valence-corrected chi connectivity index (χ4v) is 3.67. The highest BCUT2D eigenvalue weighted by molar-refractivity contribution is 6.30. The molecule has 0 N–H and O–H groups in total. The van der Waals surface area contributed by atoms with Crippen molar-refractivity contribution in [2.45, 2.75) is 71.8 Å². The smallest absolute Gasteiger partial charge is 0.0599 e. The van der Waals surface area contributed by atoms with Gasteiger partial charge in [-0.15, -0.1) is 12.4 Å². The van der Waals surface area contributed by atoms with Gasteiger partial charge in [-0.3, -0.25) is 4.98 Å². The number of hydrogen-bond donors (Lipinski definition) is 0. The van der Waals surface area contributed by atoms with E-state index in [9.17, 15) is 0 Å². The first kappa shape index (κ1) is 23.8. The van der Waals surface area contributed by atoms with Gasteiger partial charge in [0.05, 0.1) is 11.9 Å². The maximum atomic E-state index is 6.26. The summed E-state index contributed by atoms with van der Waals surface area (Å²) in [5.74, 6) is 0.598. The number of rotatable bonds is 11. The van der Waals surface area contributed by atoms with Crippen LogP contribution in [0.5, 0.6) is 0 Å². The summed E-state index contributed by atoms with van der Waals surface area (Å²) in [6, 6.07) is 12.6. The summed E-state index contributed by atoms with van der Waals surface area (Å²) in [5.41, 5.74) is 2.25. The van der Waals surface area contributed by atoms with E-state index in [0.29, 0.717) is 12.0 Å². The number of nitrogens with zero attached hydrogens (tertiary/aromatic N) is 2. The fraction of sp³-hybridized carbons (Fsp3) is 0.522. The molecule has 27 heavy (non-hydrogen) atoms. The predicted octanol–water partition coefficient (Wildman–Crippen LogP) is 8.07. The Kier molecular flexibility index (Phi) is 11.5. The number of pyridine rings is 1. The largest absolute Gasteiger partial charge is 0.337 e. The van der Waals surface area contributed by atoms with Gasteiger partial charge in [-0.05, 0) is 49.6 Å². The van der Waals surface area contributed by atoms with Crippen LogP contribution in [0.2, 0.25) is 5.02 Å². The van der Waals surface area contributed by atoms with Gasteiger partial charge in [0, 0.05) is 22.9 Å². The van der Waals surface area contributed by atoms with E-state index in [1.54, 1.807) is 0 Å². The monoisotopic (exact) mass is 408 g/mol. The van der Waals surface area contributed by atoms with Crippen molar-refractivity contribution < 1.29 is 0 Å². The number of benzene rings is 1. The van der Waals surface area contributed by atoms with Crippen LogP contribution in [-0.2, 0) is 0 Å². The zero-order valence-corrected chi connectivity index (χ0v) is 18.5. The van der Waals surface area contributed by atoms with Crippen LogP contribution in [0.15, 0.2) is 48.8 Å². The van der Waals surface area contributed by atoms with Crippen molar-refractivity contribution in [3.63, 3.8) is 0 Å². The number of anilines is 2. The Labute approximate surface area is 176 Å². The van der Waals surface area contributed by atoms with E-state index in [0.717, 1.165) is 16.4 Å². The molecule has 150 valence electrons. The molecule has 0 saturated carbocycles. The Morgan fingerprint density at radius 3 is 2.33 bits per heavy atom. The molecule has 1 aromatic heterocycles. The molecule has 4 heteroatoms. The highest BCUT2D eigenvalue weighted by atomic mass is 35.5. The minimum atomic E-state index is 0. The highest BCUT2D eigenvalue weighted by Crippen LogP contribution is 2.32. The van der Waals surface area contributed by atoms with Crippen molar-refractivity contribution in [2.75, 3.05) is 4.90 Å². The average molecular weight is 409 g/mol. The van der Waals surface area contributed by atoms with Crippen LogP contribution in [0.3, 0.4) is 0 Å². The van der Waals surface area contributed by atoms with Crippen LogP contribution in [0, 0.1) is 5.92 Å². The molecule has 0 amide bonds. The first-order chi connectivity index (χ1) is 12.6. The zero-order valence-electron chi connectivity index (χ0n) is 16.9. The molecule has 1 heterocycles. The predicted molar refractivity (Wildman–Crippen MR) is 122 cm³/mol. The SMILES string of the molecule is CCCCCCCCC(C)C(C)N(c1cccnc1)c1cccc(Cl)c1.Cl. The molecular weight excluding hydrogens is 375 g/mol. The molecule has 0 fully saturated rings. The molecule has 0 spiro atoms. The van der Waals surface area contributed by atoms with Gasteiger partial charge in [0.25, 0.3) is 0 Å². The molecular formula is C23H34Cl2N2. The lowest BCUT2D eigenvalue weighted by molar-refractivity contribution is 0.419. The Balaban J connectivity index is 0.00000364. The number of unbranched alkanes of at least 4 members (excludes halogenated alkanes) is 5. The molecule has 0 saturated heterocycles. The van der Waals surface area contributed by atoms with E-state index in [1.807, 2.05) is 36.7 Å². The zero-order chi connectivity index (χ0) is 18.8. The van der Waals surface area contributed by atoms with Crippen LogP contribution < -0.4 is 4.90 Å². The number of hydrogen-bond acceptors (Lipinski definition) is 2. The molecule has 0 aliphatic rings. The minimum absolute atomic E-state index is 0. The van der Waals surface area contributed by atoms with Crippen LogP contribution in [0.1, 0.15) is 65.7 Å². The Morgan fingerprint density at radius 2 is 1.67 bits per heavy atom. The van der Waals surface area contributed by atoms with Crippen molar-refractivity contribution in [1.29, 1.82) is 0 Å². The third-order valence-corrected chi connectivity index (χ3v) is 5.49. The standard InChI is InChI=1S/C23H33ClN2.ClH/c1-4-5-6-7-8-9-12-19(2)20(3)26(23-15-11-16-25-18-23)22-14-10-13-21(24)17-22;/h10-11,13-20H,4-9,12H2,1-3H3;1H. The average Bonchev–Trinajstić information content (AvgIpc) is 2.65. The van der Waals surface area contributed by atoms with E-state index >= 15 is 0 Å². The summed E-state index contributed by atoms with van der Waals surface area (Å²) in [4.78, 5) is 6.70. The lowest BCUT2D eigenvalue weighted by Crippen LogP contribution is -2.34. The Morgan fingerprint density at radius 1 is 0.963 bits per heavy atom. The summed E-state index contributed by atoms with van der Waals surface area (Å²) in [5, 5.41) is 0.771. The van der Waals surface area contributed by atoms with Crippen molar-refractivity contribution >= 4 is 35.4 Å². The summed E-state index contributed by atoms with van der Waals surface area (Å²) < 4.78 is 0. The van der Waals surface area contributed by atoms with Gasteiger partial charge >= 0.3 is 0 Å². The quantitative estimate of drug-likeness (QED) is 0.349. The molecule has 2 unspecified atom stereocenters. The number of halogens is 2. The van der Waals surface area contributed by atoms with Gasteiger partial charge in [-0.25, -0.2) is 0 Å². The molecule has 0 aliphatic carbocycles. The molecule has 2 aromatic rings. The maximum absolute atomic E-state index is 6.26. The highest BCUT2D eigenvalue weighted by Gasteiger charge is 2.22. The molecule has 0 aliphatic heterocycles. The first-order valence-electron chi connectivity index (χ1n) is 10.1. The van der Waals surface area contributed by atoms with Gasteiger partial charge < -0.3 is 4.90 Å². The molecule has 2 rings (SSSR count). The normalized spacial score (nSPS) is 12.9. The maximum Gasteiger partial charge on any atom is 0.0599 e. The van der Waals surface area contributed by atoms with Gasteiger partial charge in [0.2, 0.25) is 0 Å². The summed E-state index contributed by atoms with van der Waals surface area (Å²) >= 11 is 6.26. The van der Waals surface area contributed by atoms with E-state index < -0.39 is 0 Å². The van der Waals surface area contributed by atoms with Crippen molar-refractivity contribution in [3.05, 3.63) is 53.8 Å². The first-order valence-corrected chi connectivity index (χ1v) is 10.5. The topological polar surface area (TPSA) is 16.1 Å². The van der Waals surface area contributed by atoms with Gasteiger partial charge in [0.15, 0.2) is 0 Å². The van der Waals surface area contributed by atoms with Gasteiger partial charge in [0.1, 0.15) is 0 Å². The van der Waals surface area contributed by atoms with E-state index in [-0.39, 0.29) is 12.4 Å². The summed E-state index contributed by atoms with van der Waals surface area (Å²) in [7, 11) is 0. The summed E-state index contributed by atoms with van der Waals surface area (Å²) in [6.07, 6.45) is 13.1.